The van der Waals surface area contributed by atoms with Crippen LogP contribution in [0.2, 0.25) is 0 Å². The van der Waals surface area contributed by atoms with Gasteiger partial charge in [0.05, 0.1) is 0 Å². The molecule has 2 rings (SSSR count). The minimum atomic E-state index is -0.166. The third kappa shape index (κ3) is 1.84. The van der Waals surface area contributed by atoms with Gasteiger partial charge in [0.15, 0.2) is 5.78 Å². The molecule has 15 heavy (non-hydrogen) atoms. The Morgan fingerprint density at radius 2 is 2.00 bits per heavy atom. The van der Waals surface area contributed by atoms with Crippen molar-refractivity contribution in [1.29, 1.82) is 0 Å². The van der Waals surface area contributed by atoms with Crippen LogP contribution in [0.4, 0.5) is 0 Å². The van der Waals surface area contributed by atoms with Crippen LogP contribution in [0.5, 0.6) is 0 Å². The molecule has 0 amide bonds. The number of hydrogen-bond donors (Lipinski definition) is 0. The highest BCUT2D eigenvalue weighted by atomic mass is 16.1. The number of carbonyl (C=O) groups excluding carboxylic acids is 2. The summed E-state index contributed by atoms with van der Waals surface area (Å²) in [5, 5.41) is 0. The average molecular weight is 202 g/mol. The van der Waals surface area contributed by atoms with Crippen LogP contribution >= 0.6 is 0 Å². The quantitative estimate of drug-likeness (QED) is 0.605. The molecule has 0 aromatic heterocycles. The van der Waals surface area contributed by atoms with Crippen LogP contribution in [0.25, 0.3) is 0 Å². The molecule has 0 heterocycles. The van der Waals surface area contributed by atoms with E-state index in [0.29, 0.717) is 12.8 Å². The van der Waals surface area contributed by atoms with E-state index in [1.165, 1.54) is 0 Å². The molecule has 1 aliphatic carbocycles. The molecule has 0 spiro atoms. The van der Waals surface area contributed by atoms with Gasteiger partial charge < -0.3 is 0 Å². The maximum absolute atomic E-state index is 12.0. The summed E-state index contributed by atoms with van der Waals surface area (Å²) in [6, 6.07) is 5.75. The first-order valence-electron chi connectivity index (χ1n) is 5.23. The normalized spacial score (nSPS) is 21.1. The molecule has 2 heteroatoms. The lowest BCUT2D eigenvalue weighted by molar-refractivity contribution is -0.118. The molecule has 1 atom stereocenters. The van der Waals surface area contributed by atoms with Gasteiger partial charge in [0, 0.05) is 24.3 Å². The first-order chi connectivity index (χ1) is 7.08. The van der Waals surface area contributed by atoms with Crippen LogP contribution in [-0.2, 0) is 11.2 Å². The number of hydrogen-bond acceptors (Lipinski definition) is 2. The molecule has 1 aliphatic rings. The number of rotatable bonds is 0. The molecule has 2 nitrogen and oxygen atoms in total. The van der Waals surface area contributed by atoms with E-state index < -0.39 is 0 Å². The average Bonchev–Trinajstić information content (AvgIpc) is 2.27. The highest BCUT2D eigenvalue weighted by molar-refractivity contribution is 6.04. The van der Waals surface area contributed by atoms with Crippen LogP contribution in [0, 0.1) is 12.8 Å². The van der Waals surface area contributed by atoms with Gasteiger partial charge in [0.1, 0.15) is 5.78 Å². The molecule has 0 fully saturated rings. The third-order valence-electron chi connectivity index (χ3n) is 2.90. The molecule has 0 aliphatic heterocycles. The number of Topliss-reactive ketones (excluding diaryl/α,β-unsaturated/α-hetero) is 2. The fourth-order valence-corrected chi connectivity index (χ4v) is 2.06. The summed E-state index contributed by atoms with van der Waals surface area (Å²) < 4.78 is 0. The Bertz CT molecular complexity index is 432. The maximum atomic E-state index is 12.0. The number of ketones is 2. The fourth-order valence-electron chi connectivity index (χ4n) is 2.06. The molecule has 1 aromatic rings. The minimum Gasteiger partial charge on any atom is -0.299 e. The first-order valence-corrected chi connectivity index (χ1v) is 5.23. The summed E-state index contributed by atoms with van der Waals surface area (Å²) in [4.78, 5) is 23.5. The van der Waals surface area contributed by atoms with Gasteiger partial charge in [-0.3, -0.25) is 9.59 Å². The lowest BCUT2D eigenvalue weighted by atomic mass is 9.95. The van der Waals surface area contributed by atoms with E-state index in [-0.39, 0.29) is 17.5 Å². The molecule has 0 bridgehead atoms. The van der Waals surface area contributed by atoms with E-state index in [2.05, 4.69) is 0 Å². The maximum Gasteiger partial charge on any atom is 0.166 e. The minimum absolute atomic E-state index is 0.111. The van der Waals surface area contributed by atoms with Gasteiger partial charge in [-0.2, -0.15) is 0 Å². The molecule has 1 aromatic carbocycles. The van der Waals surface area contributed by atoms with Crippen molar-refractivity contribution in [3.05, 3.63) is 34.9 Å². The van der Waals surface area contributed by atoms with Crippen molar-refractivity contribution in [2.75, 3.05) is 0 Å². The molecular weight excluding hydrogens is 188 g/mol. The van der Waals surface area contributed by atoms with Crippen LogP contribution in [0.1, 0.15) is 34.8 Å². The standard InChI is InChI=1S/C13H14O2/c1-8-3-4-10-7-11(14)6-9(2)13(15)12(10)5-8/h3-5,9H,6-7H2,1-2H3. The summed E-state index contributed by atoms with van der Waals surface area (Å²) in [5.41, 5.74) is 2.71. The van der Waals surface area contributed by atoms with Crippen molar-refractivity contribution in [1.82, 2.24) is 0 Å². The fraction of sp³-hybridized carbons (Fsp3) is 0.385. The SMILES string of the molecule is Cc1ccc2c(c1)C(=O)C(C)CC(=O)C2. The highest BCUT2D eigenvalue weighted by Crippen LogP contribution is 2.23. The van der Waals surface area contributed by atoms with Gasteiger partial charge in [0.2, 0.25) is 0 Å². The van der Waals surface area contributed by atoms with Crippen molar-refractivity contribution in [3.63, 3.8) is 0 Å². The zero-order valence-electron chi connectivity index (χ0n) is 9.04. The first kappa shape index (κ1) is 10.1. The van der Waals surface area contributed by atoms with Gasteiger partial charge in [-0.05, 0) is 18.6 Å². The molecule has 0 radical (unpaired) electrons. The smallest absolute Gasteiger partial charge is 0.166 e. The molecule has 1 unspecified atom stereocenters. The van der Waals surface area contributed by atoms with Crippen LogP contribution < -0.4 is 0 Å². The zero-order chi connectivity index (χ0) is 11.0. The molecule has 0 N–H and O–H groups in total. The van der Waals surface area contributed by atoms with Gasteiger partial charge >= 0.3 is 0 Å². The van der Waals surface area contributed by atoms with Crippen molar-refractivity contribution in [3.8, 4) is 0 Å². The summed E-state index contributed by atoms with van der Waals surface area (Å²) in [7, 11) is 0. The molecule has 78 valence electrons. The van der Waals surface area contributed by atoms with Gasteiger partial charge in [0.25, 0.3) is 0 Å². The zero-order valence-corrected chi connectivity index (χ0v) is 9.04. The second-order valence-corrected chi connectivity index (χ2v) is 4.35. The Balaban J connectivity index is 2.55. The predicted octanol–water partition coefficient (Wildman–Crippen LogP) is 2.33. The Morgan fingerprint density at radius 3 is 2.73 bits per heavy atom. The van der Waals surface area contributed by atoms with E-state index in [4.69, 9.17) is 0 Å². The lowest BCUT2D eigenvalue weighted by Crippen LogP contribution is -2.12. The molecule has 0 saturated heterocycles. The largest absolute Gasteiger partial charge is 0.299 e. The van der Waals surface area contributed by atoms with Crippen molar-refractivity contribution in [2.45, 2.75) is 26.7 Å². The molecular formula is C13H14O2. The van der Waals surface area contributed by atoms with Crippen LogP contribution in [0.3, 0.4) is 0 Å². The highest BCUT2D eigenvalue weighted by Gasteiger charge is 2.25. The second-order valence-electron chi connectivity index (χ2n) is 4.35. The Hall–Kier alpha value is -1.44. The summed E-state index contributed by atoms with van der Waals surface area (Å²) in [6.07, 6.45) is 0.790. The monoisotopic (exact) mass is 202 g/mol. The van der Waals surface area contributed by atoms with Crippen molar-refractivity contribution in [2.24, 2.45) is 5.92 Å². The van der Waals surface area contributed by atoms with Crippen LogP contribution in [0.15, 0.2) is 18.2 Å². The second kappa shape index (κ2) is 3.61. The van der Waals surface area contributed by atoms with E-state index in [1.54, 1.807) is 0 Å². The van der Waals surface area contributed by atoms with E-state index >= 15 is 0 Å². The van der Waals surface area contributed by atoms with Crippen LogP contribution in [-0.4, -0.2) is 11.6 Å². The lowest BCUT2D eigenvalue weighted by Gasteiger charge is -2.07. The number of carbonyl (C=O) groups is 2. The van der Waals surface area contributed by atoms with Gasteiger partial charge in [-0.1, -0.05) is 24.6 Å². The predicted molar refractivity (Wildman–Crippen MR) is 58.0 cm³/mol. The third-order valence-corrected chi connectivity index (χ3v) is 2.90. The van der Waals surface area contributed by atoms with Gasteiger partial charge in [-0.15, -0.1) is 0 Å². The Kier molecular flexibility index (Phi) is 2.43. The summed E-state index contributed by atoms with van der Waals surface area (Å²) >= 11 is 0. The van der Waals surface area contributed by atoms with Gasteiger partial charge in [-0.25, -0.2) is 0 Å². The van der Waals surface area contributed by atoms with E-state index in [9.17, 15) is 9.59 Å². The number of aryl methyl sites for hydroxylation is 1. The summed E-state index contributed by atoms with van der Waals surface area (Å²) in [6.45, 7) is 3.79. The Morgan fingerprint density at radius 1 is 1.27 bits per heavy atom. The van der Waals surface area contributed by atoms with Crippen molar-refractivity contribution < 1.29 is 9.59 Å². The number of benzene rings is 1. The van der Waals surface area contributed by atoms with E-state index in [0.717, 1.165) is 16.7 Å². The number of fused-ring (bicyclic) bond motifs is 1. The Labute approximate surface area is 89.3 Å². The van der Waals surface area contributed by atoms with Crippen molar-refractivity contribution >= 4 is 11.6 Å². The topological polar surface area (TPSA) is 34.1 Å². The summed E-state index contributed by atoms with van der Waals surface area (Å²) in [5.74, 6) is 0.110. The molecule has 0 saturated carbocycles. The van der Waals surface area contributed by atoms with E-state index in [1.807, 2.05) is 32.0 Å².